The molecule has 0 unspecified atom stereocenters. The number of rotatable bonds is 3. The van der Waals surface area contributed by atoms with Gasteiger partial charge in [0.1, 0.15) is 0 Å². The summed E-state index contributed by atoms with van der Waals surface area (Å²) in [5, 5.41) is 5.44. The molecule has 5 nitrogen and oxygen atoms in total. The Morgan fingerprint density at radius 2 is 1.77 bits per heavy atom. The topological polar surface area (TPSA) is 55.2 Å². The molecule has 0 atom stereocenters. The van der Waals surface area contributed by atoms with Crippen LogP contribution in [-0.2, 0) is 0 Å². The Labute approximate surface area is 161 Å². The van der Waals surface area contributed by atoms with E-state index in [2.05, 4.69) is 5.10 Å². The highest BCUT2D eigenvalue weighted by atomic mass is 35.5. The van der Waals surface area contributed by atoms with Gasteiger partial charge in [-0.15, -0.1) is 0 Å². The van der Waals surface area contributed by atoms with Gasteiger partial charge in [0.25, 0.3) is 11.5 Å². The Bertz CT molecular complexity index is 900. The average molecular weight is 392 g/mol. The minimum absolute atomic E-state index is 0.0333. The summed E-state index contributed by atoms with van der Waals surface area (Å²) in [4.78, 5) is 26.7. The van der Waals surface area contributed by atoms with Crippen LogP contribution < -0.4 is 5.56 Å². The zero-order valence-electron chi connectivity index (χ0n) is 14.2. The Kier molecular flexibility index (Phi) is 4.76. The smallest absolute Gasteiger partial charge is 0.267 e. The molecule has 2 fully saturated rings. The Balaban J connectivity index is 1.46. The summed E-state index contributed by atoms with van der Waals surface area (Å²) in [7, 11) is 0. The van der Waals surface area contributed by atoms with E-state index in [1.54, 1.807) is 33.8 Å². The summed E-state index contributed by atoms with van der Waals surface area (Å²) >= 11 is 12.1. The molecule has 0 bridgehead atoms. The predicted molar refractivity (Wildman–Crippen MR) is 101 cm³/mol. The Morgan fingerprint density at radius 1 is 1.04 bits per heavy atom. The normalized spacial score (nSPS) is 18.2. The summed E-state index contributed by atoms with van der Waals surface area (Å²) in [5.41, 5.74) is 1.40. The number of hydrogen-bond donors (Lipinski definition) is 0. The maximum atomic E-state index is 12.7. The number of piperidine rings is 1. The molecule has 1 aliphatic carbocycles. The summed E-state index contributed by atoms with van der Waals surface area (Å²) < 4.78 is 1.62. The lowest BCUT2D eigenvalue weighted by Gasteiger charge is -2.32. The van der Waals surface area contributed by atoms with Crippen LogP contribution in [0.15, 0.2) is 35.1 Å². The number of halogens is 2. The minimum atomic E-state index is -0.0999. The van der Waals surface area contributed by atoms with Crippen molar-refractivity contribution in [2.75, 3.05) is 13.1 Å². The van der Waals surface area contributed by atoms with Crippen molar-refractivity contribution in [2.45, 2.75) is 37.6 Å². The SMILES string of the molecule is O=C(c1ccc(Cl)cc1Cl)N1CCC(n2nc(C3CC3)ccc2=O)CC1. The standard InChI is InChI=1S/C19H19Cl2N3O2/c20-13-3-4-15(16(21)11-13)19(26)23-9-7-14(8-10-23)24-18(25)6-5-17(22-24)12-1-2-12/h3-6,11-12,14H,1-2,7-10H2. The quantitative estimate of drug-likeness (QED) is 0.796. The molecule has 0 spiro atoms. The molecule has 4 rings (SSSR count). The van der Waals surface area contributed by atoms with Crippen molar-refractivity contribution in [3.63, 3.8) is 0 Å². The monoisotopic (exact) mass is 391 g/mol. The molecular formula is C19H19Cl2N3O2. The van der Waals surface area contributed by atoms with Crippen LogP contribution in [0.4, 0.5) is 0 Å². The van der Waals surface area contributed by atoms with Gasteiger partial charge >= 0.3 is 0 Å². The van der Waals surface area contributed by atoms with E-state index in [4.69, 9.17) is 23.2 Å². The van der Waals surface area contributed by atoms with Crippen molar-refractivity contribution < 1.29 is 4.79 Å². The van der Waals surface area contributed by atoms with Crippen molar-refractivity contribution in [1.29, 1.82) is 0 Å². The number of carbonyl (C=O) groups excluding carboxylic acids is 1. The van der Waals surface area contributed by atoms with E-state index in [1.807, 2.05) is 6.07 Å². The van der Waals surface area contributed by atoms with Crippen LogP contribution >= 0.6 is 23.2 Å². The number of benzene rings is 1. The van der Waals surface area contributed by atoms with Gasteiger partial charge in [-0.25, -0.2) is 4.68 Å². The molecule has 0 radical (unpaired) electrons. The number of amides is 1. The van der Waals surface area contributed by atoms with Crippen molar-refractivity contribution in [3.05, 3.63) is 62.0 Å². The van der Waals surface area contributed by atoms with Crippen molar-refractivity contribution in [3.8, 4) is 0 Å². The van der Waals surface area contributed by atoms with Crippen LogP contribution in [0.1, 0.15) is 53.7 Å². The summed E-state index contributed by atoms with van der Waals surface area (Å²) in [5.74, 6) is 0.410. The molecule has 7 heteroatoms. The molecule has 1 amide bonds. The molecule has 1 saturated carbocycles. The van der Waals surface area contributed by atoms with Crippen LogP contribution in [0.2, 0.25) is 10.0 Å². The largest absolute Gasteiger partial charge is 0.338 e. The minimum Gasteiger partial charge on any atom is -0.338 e. The predicted octanol–water partition coefficient (Wildman–Crippen LogP) is 3.90. The lowest BCUT2D eigenvalue weighted by atomic mass is 10.0. The molecule has 1 saturated heterocycles. The third kappa shape index (κ3) is 3.51. The molecule has 0 N–H and O–H groups in total. The fourth-order valence-corrected chi connectivity index (χ4v) is 3.93. The van der Waals surface area contributed by atoms with Gasteiger partial charge in [0, 0.05) is 30.1 Å². The summed E-state index contributed by atoms with van der Waals surface area (Å²) in [6.45, 7) is 1.15. The average Bonchev–Trinajstić information content (AvgIpc) is 3.47. The molecule has 1 aromatic carbocycles. The van der Waals surface area contributed by atoms with E-state index in [-0.39, 0.29) is 17.5 Å². The van der Waals surface area contributed by atoms with Crippen molar-refractivity contribution in [1.82, 2.24) is 14.7 Å². The van der Waals surface area contributed by atoms with Crippen LogP contribution in [0, 0.1) is 0 Å². The molecular weight excluding hydrogens is 373 g/mol. The van der Waals surface area contributed by atoms with Gasteiger partial charge in [0.2, 0.25) is 0 Å². The van der Waals surface area contributed by atoms with Gasteiger partial charge in [-0.3, -0.25) is 9.59 Å². The summed E-state index contributed by atoms with van der Waals surface area (Å²) in [6.07, 6.45) is 3.72. The van der Waals surface area contributed by atoms with E-state index in [1.165, 1.54) is 0 Å². The lowest BCUT2D eigenvalue weighted by Crippen LogP contribution is -2.41. The first-order valence-corrected chi connectivity index (χ1v) is 9.62. The first-order valence-electron chi connectivity index (χ1n) is 8.87. The number of nitrogens with zero attached hydrogens (tertiary/aromatic N) is 3. The number of aromatic nitrogens is 2. The van der Waals surface area contributed by atoms with Crippen LogP contribution in [-0.4, -0.2) is 33.7 Å². The third-order valence-electron chi connectivity index (χ3n) is 5.10. The third-order valence-corrected chi connectivity index (χ3v) is 5.65. The lowest BCUT2D eigenvalue weighted by molar-refractivity contribution is 0.0688. The fourth-order valence-electron chi connectivity index (χ4n) is 3.45. The van der Waals surface area contributed by atoms with Gasteiger partial charge in [0.15, 0.2) is 0 Å². The number of likely N-dealkylation sites (tertiary alicyclic amines) is 1. The van der Waals surface area contributed by atoms with Crippen LogP contribution in [0.3, 0.4) is 0 Å². The van der Waals surface area contributed by atoms with Crippen LogP contribution in [0.25, 0.3) is 0 Å². The number of carbonyl (C=O) groups is 1. The Morgan fingerprint density at radius 3 is 2.42 bits per heavy atom. The molecule has 2 aliphatic rings. The maximum Gasteiger partial charge on any atom is 0.267 e. The highest BCUT2D eigenvalue weighted by molar-refractivity contribution is 6.36. The van der Waals surface area contributed by atoms with E-state index >= 15 is 0 Å². The Hall–Kier alpha value is -1.85. The second-order valence-corrected chi connectivity index (χ2v) is 7.81. The van der Waals surface area contributed by atoms with Crippen molar-refractivity contribution in [2.24, 2.45) is 0 Å². The maximum absolute atomic E-state index is 12.7. The summed E-state index contributed by atoms with van der Waals surface area (Å²) in [6, 6.07) is 8.40. The molecule has 1 aromatic heterocycles. The zero-order chi connectivity index (χ0) is 18.3. The second kappa shape index (κ2) is 7.05. The first kappa shape index (κ1) is 17.6. The van der Waals surface area contributed by atoms with Gasteiger partial charge in [-0.2, -0.15) is 5.10 Å². The molecule has 1 aliphatic heterocycles. The number of hydrogen-bond acceptors (Lipinski definition) is 3. The van der Waals surface area contributed by atoms with Gasteiger partial charge in [-0.1, -0.05) is 23.2 Å². The second-order valence-electron chi connectivity index (χ2n) is 6.96. The van der Waals surface area contributed by atoms with Gasteiger partial charge in [0.05, 0.1) is 22.3 Å². The van der Waals surface area contributed by atoms with Crippen molar-refractivity contribution >= 4 is 29.1 Å². The van der Waals surface area contributed by atoms with E-state index in [0.717, 1.165) is 18.5 Å². The van der Waals surface area contributed by atoms with E-state index in [0.29, 0.717) is 47.5 Å². The van der Waals surface area contributed by atoms with Crippen LogP contribution in [0.5, 0.6) is 0 Å². The van der Waals surface area contributed by atoms with Gasteiger partial charge < -0.3 is 4.90 Å². The molecule has 2 heterocycles. The first-order chi connectivity index (χ1) is 12.5. The molecule has 26 heavy (non-hydrogen) atoms. The molecule has 2 aromatic rings. The highest BCUT2D eigenvalue weighted by Gasteiger charge is 2.29. The molecule has 136 valence electrons. The zero-order valence-corrected chi connectivity index (χ0v) is 15.7. The highest BCUT2D eigenvalue weighted by Crippen LogP contribution is 2.38. The van der Waals surface area contributed by atoms with Gasteiger partial charge in [-0.05, 0) is 49.9 Å². The van der Waals surface area contributed by atoms with E-state index in [9.17, 15) is 9.59 Å². The fraction of sp³-hybridized carbons (Fsp3) is 0.421. The van der Waals surface area contributed by atoms with E-state index < -0.39 is 0 Å².